The van der Waals surface area contributed by atoms with Crippen LogP contribution >= 0.6 is 22.7 Å². The minimum Gasteiger partial charge on any atom is -0.458 e. The van der Waals surface area contributed by atoms with Crippen LogP contribution in [-0.2, 0) is 94.8 Å². The first-order valence-electron chi connectivity index (χ1n) is 28.0. The summed E-state index contributed by atoms with van der Waals surface area (Å²) in [6.45, 7) is -1.08. The first kappa shape index (κ1) is 55.3. The lowest BCUT2D eigenvalue weighted by Gasteiger charge is -2.40. The van der Waals surface area contributed by atoms with Gasteiger partial charge >= 0.3 is 35.1 Å². The molecule has 14 rings (SSSR count). The number of hydrogen-bond acceptors (Lipinski definition) is 18. The van der Waals surface area contributed by atoms with E-state index < -0.39 is 70.4 Å². The number of ether oxygens (including phenoxy) is 6. The quantitative estimate of drug-likeness (QED) is 0.0352. The maximum Gasteiger partial charge on any atom is 0.369 e. The highest BCUT2D eigenvalue weighted by atomic mass is 32.1. The van der Waals surface area contributed by atoms with Crippen LogP contribution in [0.1, 0.15) is 86.6 Å². The van der Waals surface area contributed by atoms with E-state index in [9.17, 15) is 19.5 Å². The number of benzene rings is 6. The number of Topliss-reactive ketones (excluding diaryl/α,β-unsaturated/α-hetero) is 3. The predicted molar refractivity (Wildman–Crippen MR) is 322 cm³/mol. The number of nitrogens with zero attached hydrogens (tertiary/aromatic N) is 2. The average Bonchev–Trinajstić information content (AvgIpc) is 1.42. The molecule has 0 spiro atoms. The Hall–Kier alpha value is -10.5. The Bertz CT molecular complexity index is 4350. The largest absolute Gasteiger partial charge is 0.458 e. The van der Waals surface area contributed by atoms with Crippen molar-refractivity contribution >= 4 is 98.3 Å². The molecule has 432 valence electrons. The lowest BCUT2D eigenvalue weighted by Crippen LogP contribution is -2.51. The lowest BCUT2D eigenvalue weighted by molar-refractivity contribution is -0.191. The van der Waals surface area contributed by atoms with Gasteiger partial charge in [-0.3, -0.25) is 14.4 Å². The Kier molecular flexibility index (Phi) is 14.1. The van der Waals surface area contributed by atoms with Gasteiger partial charge in [0.05, 0.1) is 9.75 Å². The van der Waals surface area contributed by atoms with E-state index in [0.29, 0.717) is 50.1 Å². The monoisotopic (exact) mass is 1200 g/mol. The van der Waals surface area contributed by atoms with Gasteiger partial charge in [-0.15, -0.1) is 22.7 Å². The number of aliphatic hydroxyl groups is 1. The molecule has 0 bridgehead atoms. The molecule has 4 heterocycles. The van der Waals surface area contributed by atoms with E-state index in [1.54, 1.807) is 170 Å². The van der Waals surface area contributed by atoms with Crippen LogP contribution in [0.5, 0.6) is 0 Å². The number of thiazole rings is 2. The number of fused-ring (bicyclic) bond motifs is 9. The minimum absolute atomic E-state index is 0.0567. The van der Waals surface area contributed by atoms with Crippen LogP contribution in [0.15, 0.2) is 206 Å². The molecule has 0 fully saturated rings. The van der Waals surface area contributed by atoms with Crippen molar-refractivity contribution in [2.45, 2.75) is 43.7 Å². The molecule has 0 saturated carbocycles. The van der Waals surface area contributed by atoms with Gasteiger partial charge in [0, 0.05) is 39.7 Å². The van der Waals surface area contributed by atoms with Gasteiger partial charge in [-0.2, -0.15) is 0 Å². The summed E-state index contributed by atoms with van der Waals surface area (Å²) in [4.78, 5) is 112. The van der Waals surface area contributed by atoms with Crippen molar-refractivity contribution in [2.24, 2.45) is 11.8 Å². The number of carbonyl (C=O) groups excluding carboxylic acids is 7. The zero-order chi connectivity index (χ0) is 60.3. The van der Waals surface area contributed by atoms with Crippen molar-refractivity contribution < 1.29 is 67.1 Å². The van der Waals surface area contributed by atoms with E-state index in [1.807, 2.05) is 24.3 Å². The molecule has 4 aliphatic carbocycles. The third kappa shape index (κ3) is 9.54. The van der Waals surface area contributed by atoms with Gasteiger partial charge in [0.15, 0.2) is 5.78 Å². The number of ketones is 3. The Morgan fingerprint density at radius 2 is 0.818 bits per heavy atom. The Morgan fingerprint density at radius 3 is 1.24 bits per heavy atom. The number of aliphatic hydroxyl groups excluding tert-OH is 1. The molecule has 18 heteroatoms. The number of rotatable bonds is 14. The molecule has 6 aliphatic rings. The van der Waals surface area contributed by atoms with Crippen molar-refractivity contribution in [1.29, 1.82) is 0 Å². The van der Waals surface area contributed by atoms with Gasteiger partial charge in [-0.05, 0) is 63.2 Å². The van der Waals surface area contributed by atoms with Gasteiger partial charge in [0.2, 0.25) is 11.6 Å². The molecular formula is C70H46N2O14S2. The first-order valence-corrected chi connectivity index (χ1v) is 29.6. The van der Waals surface area contributed by atoms with Crippen molar-refractivity contribution in [3.05, 3.63) is 281 Å². The standard InChI is InChI=1S/C70H46N2O14S2/c73-57-47-27-15-13-25-45(47)49(59(57)75)33-55-71-63-61(87-55)51-29-44-32-54-52(30-43(44)31-53(51)85-69(63,65(77)81-35-39-17-5-1-6-18-39)66(78)82-36-40-19-7-2-8-20-40)62-64(72-56(88-62)34-50-46-26-14-16-28-48(46)58(74)60(50)76)70(86-54,67(79)83-37-41-21-9-3-10-22-41)68(80)84-38-42-23-11-4-12-24-42/h1-34,43-44,57,73H,35-38H2/b49-33-,50-34-. The highest BCUT2D eigenvalue weighted by molar-refractivity contribution is 7.14. The van der Waals surface area contributed by atoms with Crippen LogP contribution in [0.25, 0.3) is 34.4 Å². The second-order valence-corrected chi connectivity index (χ2v) is 23.4. The predicted octanol–water partition coefficient (Wildman–Crippen LogP) is 11.0. The fraction of sp³-hybridized carbons (Fsp3) is 0.129. The Labute approximate surface area is 509 Å². The second kappa shape index (κ2) is 22.4. The molecule has 2 aliphatic heterocycles. The molecule has 1 N–H and O–H groups in total. The molecule has 0 amide bonds. The molecule has 8 aromatic rings. The van der Waals surface area contributed by atoms with Crippen LogP contribution in [-0.4, -0.2) is 56.3 Å². The topological polar surface area (TPSA) is 221 Å². The SMILES string of the molecule is O=C1C(=O)c2ccccc2/C1=C/c1nc2c(s1)C1=CC3C=C4OC(C(=O)OCc5ccccc5)(C(=O)OCc5ccccc5)c5nc(/C=C6\C(=O)C(O)c7ccccc76)sc5C4=CC3C=C1OC2(C(=O)OCc1ccccc1)C(=O)OCc1ccccc1. The highest BCUT2D eigenvalue weighted by Gasteiger charge is 2.63. The molecule has 0 saturated heterocycles. The maximum absolute atomic E-state index is 15.3. The van der Waals surface area contributed by atoms with Crippen molar-refractivity contribution in [2.75, 3.05) is 0 Å². The summed E-state index contributed by atoms with van der Waals surface area (Å²) in [5, 5.41) is 11.4. The van der Waals surface area contributed by atoms with Crippen molar-refractivity contribution in [3.63, 3.8) is 0 Å². The third-order valence-corrected chi connectivity index (χ3v) is 17.9. The molecule has 2 aromatic heterocycles. The number of esters is 4. The summed E-state index contributed by atoms with van der Waals surface area (Å²) >= 11 is 2.09. The normalized spacial score (nSPS) is 19.5. The lowest BCUT2D eigenvalue weighted by atomic mass is 9.76. The van der Waals surface area contributed by atoms with Gasteiger partial charge in [-0.25, -0.2) is 29.1 Å². The smallest absolute Gasteiger partial charge is 0.369 e. The zero-order valence-corrected chi connectivity index (χ0v) is 47.8. The fourth-order valence-electron chi connectivity index (χ4n) is 11.5. The van der Waals surface area contributed by atoms with Crippen LogP contribution in [0, 0.1) is 11.8 Å². The number of aromatic nitrogens is 2. The van der Waals surface area contributed by atoms with E-state index in [4.69, 9.17) is 38.4 Å². The molecule has 3 atom stereocenters. The number of carbonyl (C=O) groups is 7. The molecule has 3 unspecified atom stereocenters. The summed E-state index contributed by atoms with van der Waals surface area (Å²) in [6, 6.07) is 48.8. The number of hydrogen-bond donors (Lipinski definition) is 1. The van der Waals surface area contributed by atoms with Crippen LogP contribution in [0.2, 0.25) is 0 Å². The molecule has 16 nitrogen and oxygen atoms in total. The van der Waals surface area contributed by atoms with Crippen molar-refractivity contribution in [3.8, 4) is 0 Å². The highest BCUT2D eigenvalue weighted by Crippen LogP contribution is 2.56. The van der Waals surface area contributed by atoms with E-state index in [1.165, 1.54) is 12.2 Å². The van der Waals surface area contributed by atoms with Crippen molar-refractivity contribution in [1.82, 2.24) is 9.97 Å². The van der Waals surface area contributed by atoms with Gasteiger partial charge in [-0.1, -0.05) is 182 Å². The fourth-order valence-corrected chi connectivity index (χ4v) is 13.7. The zero-order valence-electron chi connectivity index (χ0n) is 46.2. The van der Waals surface area contributed by atoms with Crippen LogP contribution in [0.3, 0.4) is 0 Å². The minimum atomic E-state index is -2.72. The summed E-state index contributed by atoms with van der Waals surface area (Å²) in [5.41, 5.74) is -0.936. The Morgan fingerprint density at radius 1 is 0.455 bits per heavy atom. The molecule has 88 heavy (non-hydrogen) atoms. The first-order chi connectivity index (χ1) is 42.9. The van der Waals surface area contributed by atoms with Gasteiger partial charge in [0.25, 0.3) is 0 Å². The third-order valence-electron chi connectivity index (χ3n) is 15.9. The summed E-state index contributed by atoms with van der Waals surface area (Å²) < 4.78 is 37.8. The summed E-state index contributed by atoms with van der Waals surface area (Å²) in [7, 11) is 0. The molecular weight excluding hydrogens is 1160 g/mol. The molecule has 6 aromatic carbocycles. The molecule has 0 radical (unpaired) electrons. The van der Waals surface area contributed by atoms with Crippen LogP contribution < -0.4 is 0 Å². The van der Waals surface area contributed by atoms with Crippen LogP contribution in [0.4, 0.5) is 0 Å². The van der Waals surface area contributed by atoms with Gasteiger partial charge < -0.3 is 33.5 Å². The van der Waals surface area contributed by atoms with Gasteiger partial charge in [0.1, 0.15) is 65.5 Å². The Balaban J connectivity index is 0.928. The van der Waals surface area contributed by atoms with E-state index >= 15 is 19.2 Å². The summed E-state index contributed by atoms with van der Waals surface area (Å²) in [5.74, 6) is -7.84. The second-order valence-electron chi connectivity index (χ2n) is 21.3. The summed E-state index contributed by atoms with van der Waals surface area (Å²) in [6.07, 6.45) is 8.61. The van der Waals surface area contributed by atoms with E-state index in [0.717, 1.165) is 22.7 Å². The van der Waals surface area contributed by atoms with E-state index in [-0.39, 0.29) is 85.8 Å². The maximum atomic E-state index is 15.3. The van der Waals surface area contributed by atoms with E-state index in [2.05, 4.69) is 0 Å². The number of allylic oxidation sites excluding steroid dienone is 7. The average molecular weight is 1200 g/mol.